The van der Waals surface area contributed by atoms with Crippen LogP contribution in [0.1, 0.15) is 41.3 Å². The molecule has 0 aliphatic heterocycles. The van der Waals surface area contributed by atoms with Crippen LogP contribution in [0.5, 0.6) is 11.5 Å². The van der Waals surface area contributed by atoms with Gasteiger partial charge in [-0.15, -0.1) is 0 Å². The Morgan fingerprint density at radius 2 is 1.57 bits per heavy atom. The zero-order valence-electron chi connectivity index (χ0n) is 14.3. The molecule has 0 saturated carbocycles. The van der Waals surface area contributed by atoms with Crippen molar-refractivity contribution in [2.24, 2.45) is 0 Å². The van der Waals surface area contributed by atoms with Crippen molar-refractivity contribution in [2.75, 3.05) is 19.5 Å². The Balaban J connectivity index is 2.22. The van der Waals surface area contributed by atoms with Gasteiger partial charge >= 0.3 is 0 Å². The number of anilines is 1. The molecule has 0 unspecified atom stereocenters. The number of amides is 1. The highest BCUT2D eigenvalue weighted by atomic mass is 16.5. The molecule has 0 bridgehead atoms. The van der Waals surface area contributed by atoms with Crippen LogP contribution in [-0.4, -0.2) is 20.1 Å². The van der Waals surface area contributed by atoms with Crippen molar-refractivity contribution in [2.45, 2.75) is 26.7 Å². The van der Waals surface area contributed by atoms with Gasteiger partial charge in [-0.1, -0.05) is 26.0 Å². The van der Waals surface area contributed by atoms with Gasteiger partial charge in [-0.3, -0.25) is 4.79 Å². The number of benzene rings is 2. The van der Waals surface area contributed by atoms with E-state index in [0.717, 1.165) is 5.56 Å². The lowest BCUT2D eigenvalue weighted by atomic mass is 10.0. The molecule has 4 heteroatoms. The largest absolute Gasteiger partial charge is 0.493 e. The molecular formula is C19H23NO3. The molecule has 2 aromatic carbocycles. The first-order valence-electron chi connectivity index (χ1n) is 7.60. The van der Waals surface area contributed by atoms with Crippen LogP contribution in [0.4, 0.5) is 5.69 Å². The van der Waals surface area contributed by atoms with Crippen LogP contribution in [0.3, 0.4) is 0 Å². The van der Waals surface area contributed by atoms with Gasteiger partial charge in [0.05, 0.1) is 14.2 Å². The molecule has 0 aliphatic carbocycles. The van der Waals surface area contributed by atoms with Gasteiger partial charge in [-0.05, 0) is 42.2 Å². The lowest BCUT2D eigenvalue weighted by Crippen LogP contribution is -2.13. The summed E-state index contributed by atoms with van der Waals surface area (Å²) in [6.07, 6.45) is 0. The summed E-state index contributed by atoms with van der Waals surface area (Å²) in [5.41, 5.74) is 3.46. The fourth-order valence-corrected chi connectivity index (χ4v) is 2.33. The van der Waals surface area contributed by atoms with Crippen molar-refractivity contribution in [1.29, 1.82) is 0 Å². The molecule has 0 spiro atoms. The van der Waals surface area contributed by atoms with Gasteiger partial charge in [0.2, 0.25) is 0 Å². The molecule has 0 saturated heterocycles. The molecule has 1 N–H and O–H groups in total. The standard InChI is InChI=1S/C19H23NO3/c1-12(2)14-6-8-15(9-7-14)19(21)20-16-11-18(23-5)17(22-4)10-13(16)3/h6-12H,1-5H3,(H,20,21). The van der Waals surface area contributed by atoms with E-state index < -0.39 is 0 Å². The summed E-state index contributed by atoms with van der Waals surface area (Å²) in [5.74, 6) is 1.53. The SMILES string of the molecule is COc1cc(C)c(NC(=O)c2ccc(C(C)C)cc2)cc1OC. The number of rotatable bonds is 5. The Labute approximate surface area is 137 Å². The fraction of sp³-hybridized carbons (Fsp3) is 0.316. The van der Waals surface area contributed by atoms with E-state index in [9.17, 15) is 4.79 Å². The third-order valence-corrected chi connectivity index (χ3v) is 3.82. The van der Waals surface area contributed by atoms with Gasteiger partial charge < -0.3 is 14.8 Å². The third-order valence-electron chi connectivity index (χ3n) is 3.82. The number of hydrogen-bond acceptors (Lipinski definition) is 3. The van der Waals surface area contributed by atoms with Crippen LogP contribution >= 0.6 is 0 Å². The summed E-state index contributed by atoms with van der Waals surface area (Å²) in [6, 6.07) is 11.3. The molecule has 0 fully saturated rings. The predicted octanol–water partition coefficient (Wildman–Crippen LogP) is 4.39. The smallest absolute Gasteiger partial charge is 0.255 e. The highest BCUT2D eigenvalue weighted by molar-refractivity contribution is 6.04. The Bertz CT molecular complexity index is 691. The topological polar surface area (TPSA) is 47.6 Å². The Morgan fingerprint density at radius 1 is 1.00 bits per heavy atom. The van der Waals surface area contributed by atoms with Crippen molar-refractivity contribution in [1.82, 2.24) is 0 Å². The maximum Gasteiger partial charge on any atom is 0.255 e. The molecule has 2 rings (SSSR count). The average molecular weight is 313 g/mol. The number of nitrogens with one attached hydrogen (secondary N) is 1. The van der Waals surface area contributed by atoms with Crippen LogP contribution in [0.15, 0.2) is 36.4 Å². The van der Waals surface area contributed by atoms with Crippen molar-refractivity contribution in [3.05, 3.63) is 53.1 Å². The quantitative estimate of drug-likeness (QED) is 0.890. The second kappa shape index (κ2) is 7.18. The van der Waals surface area contributed by atoms with Crippen molar-refractivity contribution in [3.63, 3.8) is 0 Å². The normalized spacial score (nSPS) is 10.5. The van der Waals surface area contributed by atoms with E-state index in [1.54, 1.807) is 20.3 Å². The van der Waals surface area contributed by atoms with Crippen LogP contribution in [0, 0.1) is 6.92 Å². The maximum atomic E-state index is 12.4. The lowest BCUT2D eigenvalue weighted by Gasteiger charge is -2.14. The number of hydrogen-bond donors (Lipinski definition) is 1. The molecule has 4 nitrogen and oxygen atoms in total. The molecule has 0 aliphatic rings. The molecule has 0 atom stereocenters. The molecule has 2 aromatic rings. The maximum absolute atomic E-state index is 12.4. The molecule has 0 aromatic heterocycles. The van der Waals surface area contributed by atoms with Crippen LogP contribution in [-0.2, 0) is 0 Å². The monoisotopic (exact) mass is 313 g/mol. The Kier molecular flexibility index (Phi) is 5.27. The predicted molar refractivity (Wildman–Crippen MR) is 92.8 cm³/mol. The zero-order chi connectivity index (χ0) is 17.0. The number of methoxy groups -OCH3 is 2. The van der Waals surface area contributed by atoms with Gasteiger partial charge in [0.15, 0.2) is 11.5 Å². The van der Waals surface area contributed by atoms with E-state index in [-0.39, 0.29) is 5.91 Å². The number of aryl methyl sites for hydroxylation is 1. The van der Waals surface area contributed by atoms with E-state index in [4.69, 9.17) is 9.47 Å². The van der Waals surface area contributed by atoms with Crippen molar-refractivity contribution in [3.8, 4) is 11.5 Å². The molecule has 1 amide bonds. The second-order valence-electron chi connectivity index (χ2n) is 5.75. The Hall–Kier alpha value is -2.49. The van der Waals surface area contributed by atoms with Gasteiger partial charge in [-0.25, -0.2) is 0 Å². The molecule has 0 radical (unpaired) electrons. The minimum atomic E-state index is -0.143. The number of ether oxygens (including phenoxy) is 2. The average Bonchev–Trinajstić information content (AvgIpc) is 2.56. The minimum Gasteiger partial charge on any atom is -0.493 e. The first-order valence-corrected chi connectivity index (χ1v) is 7.60. The summed E-state index contributed by atoms with van der Waals surface area (Å²) in [6.45, 7) is 6.17. The van der Waals surface area contributed by atoms with E-state index in [2.05, 4.69) is 19.2 Å². The summed E-state index contributed by atoms with van der Waals surface area (Å²) in [5, 5.41) is 2.93. The van der Waals surface area contributed by atoms with E-state index >= 15 is 0 Å². The second-order valence-corrected chi connectivity index (χ2v) is 5.75. The lowest BCUT2D eigenvalue weighted by molar-refractivity contribution is 0.102. The number of carbonyl (C=O) groups excluding carboxylic acids is 1. The van der Waals surface area contributed by atoms with E-state index in [1.807, 2.05) is 37.3 Å². The summed E-state index contributed by atoms with van der Waals surface area (Å²) in [7, 11) is 3.16. The molecule has 23 heavy (non-hydrogen) atoms. The molecule has 0 heterocycles. The van der Waals surface area contributed by atoms with E-state index in [1.165, 1.54) is 5.56 Å². The molecular weight excluding hydrogens is 290 g/mol. The van der Waals surface area contributed by atoms with Crippen LogP contribution in [0.25, 0.3) is 0 Å². The van der Waals surface area contributed by atoms with Gasteiger partial charge in [-0.2, -0.15) is 0 Å². The van der Waals surface area contributed by atoms with Gasteiger partial charge in [0.1, 0.15) is 0 Å². The van der Waals surface area contributed by atoms with Crippen LogP contribution < -0.4 is 14.8 Å². The summed E-state index contributed by atoms with van der Waals surface area (Å²) >= 11 is 0. The van der Waals surface area contributed by atoms with Gasteiger partial charge in [0.25, 0.3) is 5.91 Å². The highest BCUT2D eigenvalue weighted by Crippen LogP contribution is 2.33. The van der Waals surface area contributed by atoms with Crippen molar-refractivity contribution < 1.29 is 14.3 Å². The highest BCUT2D eigenvalue weighted by Gasteiger charge is 2.12. The fourth-order valence-electron chi connectivity index (χ4n) is 2.33. The first-order chi connectivity index (χ1) is 11.0. The van der Waals surface area contributed by atoms with Crippen molar-refractivity contribution >= 4 is 11.6 Å². The van der Waals surface area contributed by atoms with Gasteiger partial charge in [0, 0.05) is 17.3 Å². The summed E-state index contributed by atoms with van der Waals surface area (Å²) in [4.78, 5) is 12.4. The minimum absolute atomic E-state index is 0.143. The number of carbonyl (C=O) groups is 1. The summed E-state index contributed by atoms with van der Waals surface area (Å²) < 4.78 is 10.5. The first kappa shape index (κ1) is 16.9. The molecule has 122 valence electrons. The Morgan fingerprint density at radius 3 is 2.09 bits per heavy atom. The zero-order valence-corrected chi connectivity index (χ0v) is 14.3. The van der Waals surface area contributed by atoms with E-state index in [0.29, 0.717) is 28.7 Å². The van der Waals surface area contributed by atoms with Crippen LogP contribution in [0.2, 0.25) is 0 Å². The third kappa shape index (κ3) is 3.83.